The van der Waals surface area contributed by atoms with Gasteiger partial charge >= 0.3 is 0 Å². The molecule has 0 saturated heterocycles. The molecule has 0 amide bonds. The molecule has 1 N–H and O–H groups in total. The number of rotatable bonds is 1. The van der Waals surface area contributed by atoms with Crippen LogP contribution >= 0.6 is 0 Å². The molecule has 4 heteroatoms. The second-order valence-electron chi connectivity index (χ2n) is 4.00. The number of hydrogen-bond donors (Lipinski definition) is 1. The summed E-state index contributed by atoms with van der Waals surface area (Å²) in [6.45, 7) is 5.56. The number of benzene rings is 1. The van der Waals surface area contributed by atoms with E-state index in [-0.39, 0.29) is 5.19 Å². The molecule has 0 bridgehead atoms. The Morgan fingerprint density at radius 3 is 1.92 bits per heavy atom. The third-order valence-corrected chi connectivity index (χ3v) is 3.80. The van der Waals surface area contributed by atoms with Crippen LogP contribution < -0.4 is 5.19 Å². The van der Waals surface area contributed by atoms with Crippen molar-refractivity contribution in [1.29, 1.82) is 0 Å². The molecule has 1 aromatic carbocycles. The average molecular weight is 202 g/mol. The maximum Gasteiger partial charge on any atom is 0.164 e. The van der Waals surface area contributed by atoms with Crippen LogP contribution in [-0.4, -0.2) is 13.2 Å². The number of phenols is 1. The third kappa shape index (κ3) is 1.88. The molecular formula is C9H12F2OSi. The summed E-state index contributed by atoms with van der Waals surface area (Å²) >= 11 is 0. The first-order chi connectivity index (χ1) is 5.84. The van der Waals surface area contributed by atoms with Crippen LogP contribution in [0.2, 0.25) is 19.6 Å². The Labute approximate surface area is 77.0 Å². The van der Waals surface area contributed by atoms with Crippen LogP contribution in [0, 0.1) is 11.6 Å². The molecular weight excluding hydrogens is 190 g/mol. The first-order valence-electron chi connectivity index (χ1n) is 4.01. The van der Waals surface area contributed by atoms with E-state index in [2.05, 4.69) is 0 Å². The molecule has 1 rings (SSSR count). The van der Waals surface area contributed by atoms with Crippen LogP contribution in [0.15, 0.2) is 12.1 Å². The monoisotopic (exact) mass is 202 g/mol. The van der Waals surface area contributed by atoms with Crippen LogP contribution in [0.25, 0.3) is 0 Å². The summed E-state index contributed by atoms with van der Waals surface area (Å²) in [4.78, 5) is 0. The lowest BCUT2D eigenvalue weighted by Gasteiger charge is -2.18. The van der Waals surface area contributed by atoms with Gasteiger partial charge in [0.1, 0.15) is 5.82 Å². The fourth-order valence-electron chi connectivity index (χ4n) is 1.25. The molecule has 0 saturated carbocycles. The van der Waals surface area contributed by atoms with E-state index in [1.807, 2.05) is 19.6 Å². The molecule has 0 radical (unpaired) electrons. The van der Waals surface area contributed by atoms with Crippen LogP contribution in [0.5, 0.6) is 5.75 Å². The van der Waals surface area contributed by atoms with Gasteiger partial charge in [-0.25, -0.2) is 8.78 Å². The van der Waals surface area contributed by atoms with Crippen LogP contribution in [-0.2, 0) is 0 Å². The zero-order valence-electron chi connectivity index (χ0n) is 7.86. The van der Waals surface area contributed by atoms with Gasteiger partial charge in [0.2, 0.25) is 0 Å². The molecule has 0 aliphatic heterocycles. The molecule has 0 heterocycles. The first-order valence-corrected chi connectivity index (χ1v) is 7.51. The average Bonchev–Trinajstić information content (AvgIpc) is 1.95. The van der Waals surface area contributed by atoms with Gasteiger partial charge in [-0.05, 0) is 12.1 Å². The maximum absolute atomic E-state index is 13.2. The van der Waals surface area contributed by atoms with Gasteiger partial charge in [0, 0.05) is 5.19 Å². The molecule has 0 aliphatic carbocycles. The van der Waals surface area contributed by atoms with Gasteiger partial charge in [0.15, 0.2) is 11.6 Å². The molecule has 0 atom stereocenters. The predicted molar refractivity (Wildman–Crippen MR) is 51.0 cm³/mol. The van der Waals surface area contributed by atoms with Gasteiger partial charge in [-0.1, -0.05) is 19.6 Å². The topological polar surface area (TPSA) is 20.2 Å². The standard InChI is InChI=1S/C9H12F2OSi/c1-13(2,3)9-7(11)5-4-6(10)8(9)12/h4-5,12H,1-3H3. The second kappa shape index (κ2) is 3.10. The van der Waals surface area contributed by atoms with E-state index in [0.29, 0.717) is 0 Å². The largest absolute Gasteiger partial charge is 0.505 e. The molecule has 0 aromatic heterocycles. The minimum absolute atomic E-state index is 0.160. The highest BCUT2D eigenvalue weighted by Gasteiger charge is 2.26. The minimum Gasteiger partial charge on any atom is -0.505 e. The van der Waals surface area contributed by atoms with E-state index < -0.39 is 25.5 Å². The van der Waals surface area contributed by atoms with Crippen molar-refractivity contribution < 1.29 is 13.9 Å². The van der Waals surface area contributed by atoms with Crippen LogP contribution in [0.3, 0.4) is 0 Å². The van der Waals surface area contributed by atoms with Crippen molar-refractivity contribution in [3.05, 3.63) is 23.8 Å². The highest BCUT2D eigenvalue weighted by atomic mass is 28.3. The number of halogens is 2. The van der Waals surface area contributed by atoms with Crippen molar-refractivity contribution >= 4 is 13.3 Å². The normalized spacial score (nSPS) is 11.8. The van der Waals surface area contributed by atoms with E-state index >= 15 is 0 Å². The quantitative estimate of drug-likeness (QED) is 0.692. The number of phenolic OH excluding ortho intramolecular Hbond substituents is 1. The summed E-state index contributed by atoms with van der Waals surface area (Å²) in [6, 6.07) is 2.00. The highest BCUT2D eigenvalue weighted by molar-refractivity contribution is 6.89. The predicted octanol–water partition coefficient (Wildman–Crippen LogP) is 2.22. The van der Waals surface area contributed by atoms with Crippen molar-refractivity contribution in [2.45, 2.75) is 19.6 Å². The zero-order chi connectivity index (χ0) is 10.2. The van der Waals surface area contributed by atoms with Crippen molar-refractivity contribution in [2.75, 3.05) is 0 Å². The van der Waals surface area contributed by atoms with Gasteiger partial charge in [-0.2, -0.15) is 0 Å². The molecule has 0 spiro atoms. The summed E-state index contributed by atoms with van der Waals surface area (Å²) in [5.41, 5.74) is 0. The lowest BCUT2D eigenvalue weighted by Crippen LogP contribution is -2.40. The lowest BCUT2D eigenvalue weighted by atomic mass is 10.3. The fourth-order valence-corrected chi connectivity index (χ4v) is 2.88. The smallest absolute Gasteiger partial charge is 0.164 e. The van der Waals surface area contributed by atoms with Crippen LogP contribution in [0.4, 0.5) is 8.78 Å². The van der Waals surface area contributed by atoms with Crippen molar-refractivity contribution in [2.24, 2.45) is 0 Å². The second-order valence-corrected chi connectivity index (χ2v) is 9.00. The van der Waals surface area contributed by atoms with Crippen LogP contribution in [0.1, 0.15) is 0 Å². The number of aromatic hydroxyl groups is 1. The summed E-state index contributed by atoms with van der Waals surface area (Å²) in [6.07, 6.45) is 0. The lowest BCUT2D eigenvalue weighted by molar-refractivity contribution is 0.432. The Bertz CT molecular complexity index is 331. The molecule has 0 fully saturated rings. The SMILES string of the molecule is C[Si](C)(C)c1c(F)ccc(F)c1O. The van der Waals surface area contributed by atoms with Crippen molar-refractivity contribution in [3.8, 4) is 5.75 Å². The Morgan fingerprint density at radius 2 is 1.54 bits per heavy atom. The Kier molecular flexibility index (Phi) is 2.43. The van der Waals surface area contributed by atoms with Gasteiger partial charge < -0.3 is 5.11 Å². The minimum atomic E-state index is -2.02. The van der Waals surface area contributed by atoms with Gasteiger partial charge in [0.05, 0.1) is 8.07 Å². The van der Waals surface area contributed by atoms with Gasteiger partial charge in [0.25, 0.3) is 0 Å². The van der Waals surface area contributed by atoms with E-state index in [1.54, 1.807) is 0 Å². The summed E-state index contributed by atoms with van der Waals surface area (Å²) in [5.74, 6) is -1.80. The third-order valence-electron chi connectivity index (χ3n) is 1.83. The van der Waals surface area contributed by atoms with E-state index in [4.69, 9.17) is 0 Å². The van der Waals surface area contributed by atoms with E-state index in [1.165, 1.54) is 0 Å². The number of hydrogen-bond acceptors (Lipinski definition) is 1. The Hall–Kier alpha value is -0.903. The van der Waals surface area contributed by atoms with Crippen molar-refractivity contribution in [3.63, 3.8) is 0 Å². The molecule has 72 valence electrons. The summed E-state index contributed by atoms with van der Waals surface area (Å²) in [7, 11) is -2.02. The molecule has 0 aliphatic rings. The zero-order valence-corrected chi connectivity index (χ0v) is 8.86. The highest BCUT2D eigenvalue weighted by Crippen LogP contribution is 2.18. The molecule has 13 heavy (non-hydrogen) atoms. The van der Waals surface area contributed by atoms with Gasteiger partial charge in [-0.15, -0.1) is 0 Å². The summed E-state index contributed by atoms with van der Waals surface area (Å²) in [5, 5.41) is 9.49. The molecule has 1 nitrogen and oxygen atoms in total. The van der Waals surface area contributed by atoms with Gasteiger partial charge in [-0.3, -0.25) is 0 Å². The first kappa shape index (κ1) is 10.2. The summed E-state index contributed by atoms with van der Waals surface area (Å²) < 4.78 is 26.1. The Balaban J connectivity index is 3.43. The fraction of sp³-hybridized carbons (Fsp3) is 0.333. The maximum atomic E-state index is 13.2. The molecule has 0 unspecified atom stereocenters. The Morgan fingerprint density at radius 1 is 1.08 bits per heavy atom. The van der Waals surface area contributed by atoms with E-state index in [9.17, 15) is 13.9 Å². The molecule has 1 aromatic rings. The van der Waals surface area contributed by atoms with Crippen molar-refractivity contribution in [1.82, 2.24) is 0 Å². The van der Waals surface area contributed by atoms with E-state index in [0.717, 1.165) is 12.1 Å².